The minimum Gasteiger partial charge on any atom is -0.403 e. The van der Waals surface area contributed by atoms with Gasteiger partial charge in [0, 0.05) is 12.4 Å². The molecule has 0 aliphatic rings. The quantitative estimate of drug-likeness (QED) is 0.346. The molecule has 0 saturated heterocycles. The van der Waals surface area contributed by atoms with E-state index >= 15 is 0 Å². The SMILES string of the molecule is N/C(F)=C(\N)F.N/C=C/N. The lowest BCUT2D eigenvalue weighted by Gasteiger charge is -1.79. The van der Waals surface area contributed by atoms with Crippen LogP contribution in [0.1, 0.15) is 0 Å². The normalized spacial score (nSPS) is 11.8. The van der Waals surface area contributed by atoms with Crippen molar-refractivity contribution in [2.45, 2.75) is 0 Å². The van der Waals surface area contributed by atoms with Crippen LogP contribution in [0.15, 0.2) is 24.3 Å². The maximum Gasteiger partial charge on any atom is 0.237 e. The summed E-state index contributed by atoms with van der Waals surface area (Å²) >= 11 is 0. The van der Waals surface area contributed by atoms with Crippen molar-refractivity contribution in [2.24, 2.45) is 22.9 Å². The van der Waals surface area contributed by atoms with E-state index in [0.717, 1.165) is 0 Å². The summed E-state index contributed by atoms with van der Waals surface area (Å²) in [7, 11) is 0. The van der Waals surface area contributed by atoms with Gasteiger partial charge in [0.15, 0.2) is 0 Å². The van der Waals surface area contributed by atoms with Crippen LogP contribution in [-0.2, 0) is 0 Å². The van der Waals surface area contributed by atoms with E-state index in [1.807, 2.05) is 0 Å². The first-order valence-corrected chi connectivity index (χ1v) is 2.21. The van der Waals surface area contributed by atoms with Crippen LogP contribution >= 0.6 is 0 Å². The molecular formula is C4H10F2N4. The highest BCUT2D eigenvalue weighted by atomic mass is 19.2. The van der Waals surface area contributed by atoms with E-state index in [2.05, 4.69) is 11.5 Å². The lowest BCUT2D eigenvalue weighted by atomic mass is 10.9. The Balaban J connectivity index is 0. The summed E-state index contributed by atoms with van der Waals surface area (Å²) in [6.45, 7) is 0. The predicted octanol–water partition coefficient (Wildman–Crippen LogP) is -0.656. The standard InChI is InChI=1S/C2H4F2N2.C2H6N2/c3-1(5)2(4)6;3-1-2-4/h5-6H2;1-2H,3-4H2/b2-1-;2-1+. The van der Waals surface area contributed by atoms with E-state index in [9.17, 15) is 8.78 Å². The molecule has 0 aliphatic heterocycles. The summed E-state index contributed by atoms with van der Waals surface area (Å²) in [5.74, 6) is -2.93. The lowest BCUT2D eigenvalue weighted by Crippen LogP contribution is -1.99. The van der Waals surface area contributed by atoms with E-state index in [4.69, 9.17) is 11.5 Å². The molecule has 0 aromatic heterocycles. The van der Waals surface area contributed by atoms with Gasteiger partial charge >= 0.3 is 0 Å². The first-order chi connectivity index (χ1) is 4.56. The molecule has 0 spiro atoms. The van der Waals surface area contributed by atoms with Gasteiger partial charge in [-0.15, -0.1) is 0 Å². The number of nitrogens with two attached hydrogens (primary N) is 4. The summed E-state index contributed by atoms with van der Waals surface area (Å²) < 4.78 is 22.0. The Kier molecular flexibility index (Phi) is 8.56. The fraction of sp³-hybridized carbons (Fsp3) is 0. The molecule has 0 aliphatic carbocycles. The van der Waals surface area contributed by atoms with Gasteiger partial charge in [-0.25, -0.2) is 0 Å². The average Bonchev–Trinajstić information content (AvgIpc) is 1.89. The minimum atomic E-state index is -1.46. The largest absolute Gasteiger partial charge is 0.403 e. The zero-order valence-electron chi connectivity index (χ0n) is 5.22. The fourth-order valence-electron chi connectivity index (χ4n) is 0. The van der Waals surface area contributed by atoms with Crippen molar-refractivity contribution in [3.63, 3.8) is 0 Å². The second kappa shape index (κ2) is 7.54. The van der Waals surface area contributed by atoms with Crippen LogP contribution < -0.4 is 22.9 Å². The summed E-state index contributed by atoms with van der Waals surface area (Å²) in [5.41, 5.74) is 17.7. The summed E-state index contributed by atoms with van der Waals surface area (Å²) in [4.78, 5) is 0. The molecule has 0 saturated carbocycles. The maximum absolute atomic E-state index is 11.0. The molecule has 4 nitrogen and oxygen atoms in total. The smallest absolute Gasteiger partial charge is 0.237 e. The van der Waals surface area contributed by atoms with Crippen LogP contribution in [0.25, 0.3) is 0 Å². The van der Waals surface area contributed by atoms with Crippen LogP contribution in [0, 0.1) is 0 Å². The van der Waals surface area contributed by atoms with Crippen molar-refractivity contribution in [1.82, 2.24) is 0 Å². The number of halogens is 2. The van der Waals surface area contributed by atoms with Crippen LogP contribution in [0.3, 0.4) is 0 Å². The molecule has 0 bridgehead atoms. The third-order valence-electron chi connectivity index (χ3n) is 0.339. The van der Waals surface area contributed by atoms with Crippen LogP contribution in [0.5, 0.6) is 0 Å². The number of hydrogen-bond acceptors (Lipinski definition) is 4. The van der Waals surface area contributed by atoms with Gasteiger partial charge in [-0.1, -0.05) is 0 Å². The van der Waals surface area contributed by atoms with E-state index in [-0.39, 0.29) is 0 Å². The van der Waals surface area contributed by atoms with E-state index in [1.165, 1.54) is 12.4 Å². The first-order valence-electron chi connectivity index (χ1n) is 2.21. The van der Waals surface area contributed by atoms with Crippen molar-refractivity contribution >= 4 is 0 Å². The third kappa shape index (κ3) is 16.0. The summed E-state index contributed by atoms with van der Waals surface area (Å²) in [6.07, 6.45) is 2.56. The monoisotopic (exact) mass is 152 g/mol. The molecule has 0 amide bonds. The van der Waals surface area contributed by atoms with Gasteiger partial charge in [-0.05, 0) is 0 Å². The van der Waals surface area contributed by atoms with Gasteiger partial charge in [0.25, 0.3) is 0 Å². The molecule has 0 fully saturated rings. The summed E-state index contributed by atoms with van der Waals surface area (Å²) in [5, 5.41) is 0. The Morgan fingerprint density at radius 2 is 1.10 bits per heavy atom. The molecular weight excluding hydrogens is 142 g/mol. The Labute approximate surface area is 57.2 Å². The molecule has 60 valence electrons. The van der Waals surface area contributed by atoms with Gasteiger partial charge in [-0.3, -0.25) is 0 Å². The Morgan fingerprint density at radius 3 is 1.10 bits per heavy atom. The van der Waals surface area contributed by atoms with Gasteiger partial charge < -0.3 is 22.9 Å². The highest BCUT2D eigenvalue weighted by Gasteiger charge is 1.88. The summed E-state index contributed by atoms with van der Waals surface area (Å²) in [6, 6.07) is 0. The van der Waals surface area contributed by atoms with Gasteiger partial charge in [0.1, 0.15) is 0 Å². The Morgan fingerprint density at radius 1 is 0.900 bits per heavy atom. The fourth-order valence-corrected chi connectivity index (χ4v) is 0. The zero-order valence-corrected chi connectivity index (χ0v) is 5.22. The average molecular weight is 152 g/mol. The molecule has 10 heavy (non-hydrogen) atoms. The van der Waals surface area contributed by atoms with Gasteiger partial charge in [-0.2, -0.15) is 8.78 Å². The van der Waals surface area contributed by atoms with Crippen molar-refractivity contribution in [3.8, 4) is 0 Å². The maximum atomic E-state index is 11.0. The van der Waals surface area contributed by atoms with Crippen molar-refractivity contribution in [3.05, 3.63) is 24.3 Å². The predicted molar refractivity (Wildman–Crippen MR) is 35.1 cm³/mol. The molecule has 0 atom stereocenters. The van der Waals surface area contributed by atoms with Gasteiger partial charge in [0.2, 0.25) is 11.9 Å². The second-order valence-corrected chi connectivity index (χ2v) is 1.08. The number of rotatable bonds is 0. The molecule has 0 aromatic carbocycles. The number of hydrogen-bond donors (Lipinski definition) is 4. The van der Waals surface area contributed by atoms with Crippen LogP contribution in [0.2, 0.25) is 0 Å². The zero-order chi connectivity index (χ0) is 8.57. The van der Waals surface area contributed by atoms with E-state index in [1.54, 1.807) is 0 Å². The molecule has 0 unspecified atom stereocenters. The van der Waals surface area contributed by atoms with Crippen LogP contribution in [-0.4, -0.2) is 0 Å². The van der Waals surface area contributed by atoms with Crippen LogP contribution in [0.4, 0.5) is 8.78 Å². The van der Waals surface area contributed by atoms with E-state index < -0.39 is 11.9 Å². The van der Waals surface area contributed by atoms with E-state index in [0.29, 0.717) is 0 Å². The minimum absolute atomic E-state index is 1.28. The van der Waals surface area contributed by atoms with Gasteiger partial charge in [0.05, 0.1) is 0 Å². The molecule has 6 heteroatoms. The highest BCUT2D eigenvalue weighted by molar-refractivity contribution is 4.87. The highest BCUT2D eigenvalue weighted by Crippen LogP contribution is 1.89. The topological polar surface area (TPSA) is 104 Å². The van der Waals surface area contributed by atoms with Crippen molar-refractivity contribution < 1.29 is 8.78 Å². The van der Waals surface area contributed by atoms with Crippen molar-refractivity contribution in [2.75, 3.05) is 0 Å². The third-order valence-corrected chi connectivity index (χ3v) is 0.339. The Hall–Kier alpha value is -1.46. The lowest BCUT2D eigenvalue weighted by molar-refractivity contribution is 0.523. The molecule has 0 heterocycles. The molecule has 8 N–H and O–H groups in total. The molecule has 0 radical (unpaired) electrons. The molecule has 0 aromatic rings. The van der Waals surface area contributed by atoms with Crippen molar-refractivity contribution in [1.29, 1.82) is 0 Å². The molecule has 0 rings (SSSR count). The first kappa shape index (κ1) is 11.4. The second-order valence-electron chi connectivity index (χ2n) is 1.08. The Bertz CT molecular complexity index is 109.